The molecule has 2 aromatic rings. The molecule has 0 amide bonds. The van der Waals surface area contributed by atoms with E-state index in [1.165, 1.54) is 12.1 Å². The Morgan fingerprint density at radius 1 is 1.04 bits per heavy atom. The molecule has 4 rings (SSSR count). The first-order valence-electron chi connectivity index (χ1n) is 9.12. The van der Waals surface area contributed by atoms with Gasteiger partial charge in [-0.3, -0.25) is 10.1 Å². The summed E-state index contributed by atoms with van der Waals surface area (Å²) in [6.45, 7) is -2.88. The molecule has 2 aliphatic rings. The quantitative estimate of drug-likeness (QED) is 0.630. The van der Waals surface area contributed by atoms with Gasteiger partial charge in [0.05, 0.1) is 18.1 Å². The van der Waals surface area contributed by atoms with Gasteiger partial charge in [-0.15, -0.1) is 0 Å². The van der Waals surface area contributed by atoms with Crippen LogP contribution in [0.2, 0.25) is 0 Å². The fourth-order valence-electron chi connectivity index (χ4n) is 4.22. The number of carbonyl (C=O) groups is 1. The van der Waals surface area contributed by atoms with Crippen LogP contribution in [0, 0.1) is 11.8 Å². The van der Waals surface area contributed by atoms with Crippen LogP contribution in [-0.2, 0) is 4.79 Å². The van der Waals surface area contributed by atoms with Gasteiger partial charge in [0.1, 0.15) is 5.75 Å². The summed E-state index contributed by atoms with van der Waals surface area (Å²) in [5.74, 6) is -1.50. The first-order valence-corrected chi connectivity index (χ1v) is 9.12. The number of piperidine rings is 1. The van der Waals surface area contributed by atoms with Crippen LogP contribution in [0.1, 0.15) is 29.6 Å². The van der Waals surface area contributed by atoms with Crippen LogP contribution in [0.4, 0.5) is 8.78 Å². The van der Waals surface area contributed by atoms with Crippen LogP contribution in [0.15, 0.2) is 54.6 Å². The van der Waals surface area contributed by atoms with Crippen molar-refractivity contribution in [3.05, 3.63) is 65.7 Å². The normalized spacial score (nSPS) is 29.5. The molecule has 0 aromatic heterocycles. The summed E-state index contributed by atoms with van der Waals surface area (Å²) >= 11 is 0. The van der Waals surface area contributed by atoms with Crippen LogP contribution in [0.25, 0.3) is 0 Å². The minimum Gasteiger partial charge on any atom is -0.481 e. The summed E-state index contributed by atoms with van der Waals surface area (Å²) in [6.07, 6.45) is 0.167. The van der Waals surface area contributed by atoms with Gasteiger partial charge in [-0.25, -0.2) is 10.9 Å². The maximum Gasteiger partial charge on any atom is 0.387 e. The molecule has 0 aliphatic carbocycles. The number of carboxylic acid groups (broad SMARTS) is 1. The van der Waals surface area contributed by atoms with Crippen molar-refractivity contribution in [2.24, 2.45) is 11.8 Å². The summed E-state index contributed by atoms with van der Waals surface area (Å²) in [4.78, 5) is 12.0. The van der Waals surface area contributed by atoms with E-state index in [1.54, 1.807) is 12.1 Å². The number of hydrazine groups is 1. The molecular formula is C20H21F2N3O3. The molecular weight excluding hydrogens is 368 g/mol. The first-order chi connectivity index (χ1) is 13.5. The summed E-state index contributed by atoms with van der Waals surface area (Å²) < 4.78 is 29.0. The van der Waals surface area contributed by atoms with Crippen LogP contribution in [-0.4, -0.2) is 23.9 Å². The zero-order valence-corrected chi connectivity index (χ0v) is 14.9. The fourth-order valence-corrected chi connectivity index (χ4v) is 4.22. The van der Waals surface area contributed by atoms with Crippen molar-refractivity contribution in [2.75, 3.05) is 0 Å². The second-order valence-corrected chi connectivity index (χ2v) is 7.08. The van der Waals surface area contributed by atoms with E-state index in [0.717, 1.165) is 11.1 Å². The standard InChI is InChI=1S/C20H21F2N3O3/c21-20(22)28-13-8-6-11(7-9-13)15-10-14(19(26)27)16-17(24-25-18(16)23-15)12-4-2-1-3-5-12/h1-9,14-18,20,23-25H,10H2,(H,26,27). The molecule has 2 heterocycles. The number of nitrogens with one attached hydrogen (secondary N) is 3. The zero-order chi connectivity index (χ0) is 19.7. The van der Waals surface area contributed by atoms with Gasteiger partial charge in [0.25, 0.3) is 0 Å². The number of benzene rings is 2. The molecule has 4 N–H and O–H groups in total. The van der Waals surface area contributed by atoms with E-state index in [-0.39, 0.29) is 29.9 Å². The molecule has 148 valence electrons. The molecule has 0 spiro atoms. The highest BCUT2D eigenvalue weighted by molar-refractivity contribution is 5.71. The van der Waals surface area contributed by atoms with Gasteiger partial charge in [-0.05, 0) is 29.7 Å². The predicted octanol–water partition coefficient (Wildman–Crippen LogP) is 2.81. The molecule has 2 aromatic carbocycles. The lowest BCUT2D eigenvalue weighted by molar-refractivity contribution is -0.146. The Morgan fingerprint density at radius 3 is 2.39 bits per heavy atom. The van der Waals surface area contributed by atoms with E-state index in [2.05, 4.69) is 20.9 Å². The Balaban J connectivity index is 1.55. The molecule has 5 atom stereocenters. The molecule has 0 bridgehead atoms. The second kappa shape index (κ2) is 7.83. The molecule has 2 saturated heterocycles. The Hall–Kier alpha value is -2.55. The highest BCUT2D eigenvalue weighted by Crippen LogP contribution is 2.42. The predicted molar refractivity (Wildman–Crippen MR) is 97.4 cm³/mol. The number of rotatable bonds is 5. The number of hydrogen-bond acceptors (Lipinski definition) is 5. The minimum absolute atomic E-state index is 0.0759. The van der Waals surface area contributed by atoms with Gasteiger partial charge in [0, 0.05) is 12.0 Å². The van der Waals surface area contributed by atoms with Gasteiger partial charge in [-0.2, -0.15) is 8.78 Å². The van der Waals surface area contributed by atoms with Crippen molar-refractivity contribution in [3.63, 3.8) is 0 Å². The number of carboxylic acids is 1. The minimum atomic E-state index is -2.88. The van der Waals surface area contributed by atoms with Crippen molar-refractivity contribution in [1.82, 2.24) is 16.2 Å². The number of aliphatic carboxylic acids is 1. The largest absolute Gasteiger partial charge is 0.481 e. The Bertz CT molecular complexity index is 819. The Kier molecular flexibility index (Phi) is 5.25. The number of fused-ring (bicyclic) bond motifs is 1. The molecule has 6 nitrogen and oxygen atoms in total. The van der Waals surface area contributed by atoms with Crippen molar-refractivity contribution < 1.29 is 23.4 Å². The summed E-state index contributed by atoms with van der Waals surface area (Å²) in [7, 11) is 0. The van der Waals surface area contributed by atoms with Gasteiger partial charge in [0.2, 0.25) is 0 Å². The maximum absolute atomic E-state index is 12.3. The van der Waals surface area contributed by atoms with Crippen LogP contribution >= 0.6 is 0 Å². The number of alkyl halides is 2. The first kappa shape index (κ1) is 18.8. The van der Waals surface area contributed by atoms with Gasteiger partial charge >= 0.3 is 12.6 Å². The van der Waals surface area contributed by atoms with Gasteiger partial charge in [-0.1, -0.05) is 42.5 Å². The fraction of sp³-hybridized carbons (Fsp3) is 0.350. The third-order valence-electron chi connectivity index (χ3n) is 5.48. The van der Waals surface area contributed by atoms with E-state index in [1.807, 2.05) is 30.3 Å². The van der Waals surface area contributed by atoms with E-state index >= 15 is 0 Å². The Morgan fingerprint density at radius 2 is 1.75 bits per heavy atom. The van der Waals surface area contributed by atoms with Crippen LogP contribution in [0.3, 0.4) is 0 Å². The lowest BCUT2D eigenvalue weighted by atomic mass is 9.75. The third kappa shape index (κ3) is 3.71. The highest BCUT2D eigenvalue weighted by atomic mass is 19.3. The molecule has 0 radical (unpaired) electrons. The molecule has 2 fully saturated rings. The number of halogens is 2. The summed E-state index contributed by atoms with van der Waals surface area (Å²) in [5, 5.41) is 13.3. The highest BCUT2D eigenvalue weighted by Gasteiger charge is 2.49. The lowest BCUT2D eigenvalue weighted by Crippen LogP contribution is -2.53. The van der Waals surface area contributed by atoms with Crippen LogP contribution < -0.4 is 20.9 Å². The molecule has 0 saturated carbocycles. The van der Waals surface area contributed by atoms with E-state index < -0.39 is 18.5 Å². The average Bonchev–Trinajstić information content (AvgIpc) is 3.12. The summed E-state index contributed by atoms with van der Waals surface area (Å²) in [6, 6.07) is 15.7. The van der Waals surface area contributed by atoms with Crippen LogP contribution in [0.5, 0.6) is 5.75 Å². The number of ether oxygens (including phenoxy) is 1. The smallest absolute Gasteiger partial charge is 0.387 e. The van der Waals surface area contributed by atoms with Crippen molar-refractivity contribution in [3.8, 4) is 5.75 Å². The third-order valence-corrected chi connectivity index (χ3v) is 5.48. The Labute approximate surface area is 160 Å². The summed E-state index contributed by atoms with van der Waals surface area (Å²) in [5.41, 5.74) is 8.26. The molecule has 5 unspecified atom stereocenters. The zero-order valence-electron chi connectivity index (χ0n) is 14.9. The maximum atomic E-state index is 12.3. The van der Waals surface area contributed by atoms with E-state index in [4.69, 9.17) is 0 Å². The molecule has 8 heteroatoms. The average molecular weight is 389 g/mol. The van der Waals surface area contributed by atoms with Gasteiger partial charge < -0.3 is 9.84 Å². The number of hydrogen-bond donors (Lipinski definition) is 4. The topological polar surface area (TPSA) is 82.6 Å². The van der Waals surface area contributed by atoms with Gasteiger partial charge in [0.15, 0.2) is 0 Å². The molecule has 28 heavy (non-hydrogen) atoms. The van der Waals surface area contributed by atoms with Crippen molar-refractivity contribution in [1.29, 1.82) is 0 Å². The van der Waals surface area contributed by atoms with Crippen molar-refractivity contribution >= 4 is 5.97 Å². The lowest BCUT2D eigenvalue weighted by Gasteiger charge is -2.39. The SMILES string of the molecule is O=C(O)C1CC(c2ccc(OC(F)F)cc2)NC2NNC(c3ccccc3)C21. The molecule has 2 aliphatic heterocycles. The monoisotopic (exact) mass is 389 g/mol. The van der Waals surface area contributed by atoms with Crippen molar-refractivity contribution in [2.45, 2.75) is 31.3 Å². The second-order valence-electron chi connectivity index (χ2n) is 7.08. The van der Waals surface area contributed by atoms with E-state index in [0.29, 0.717) is 6.42 Å². The van der Waals surface area contributed by atoms with E-state index in [9.17, 15) is 18.7 Å².